The maximum absolute atomic E-state index is 9.45. The van der Waals surface area contributed by atoms with Crippen LogP contribution in [0.1, 0.15) is 35.0 Å². The average Bonchev–Trinajstić information content (AvgIpc) is 3.48. The third kappa shape index (κ3) is 3.41. The first-order valence-corrected chi connectivity index (χ1v) is 10.3. The molecule has 2 aliphatic rings. The van der Waals surface area contributed by atoms with E-state index in [9.17, 15) is 5.26 Å². The lowest BCUT2D eigenvalue weighted by Gasteiger charge is -2.36. The lowest BCUT2D eigenvalue weighted by Crippen LogP contribution is -2.46. The van der Waals surface area contributed by atoms with Crippen molar-refractivity contribution in [2.45, 2.75) is 25.3 Å². The van der Waals surface area contributed by atoms with Gasteiger partial charge in [-0.1, -0.05) is 12.1 Å². The zero-order valence-electron chi connectivity index (χ0n) is 15.1. The standard InChI is InChI=1S/C21H21N5S/c22-12-18-19(11-16(13-23-18)15-5-6-15)26-9-7-25(8-10-26)14-21-24-17-3-1-2-4-20(17)27-21/h1-4,11,13,15H,5-10,14H2. The van der Waals surface area contributed by atoms with E-state index in [0.29, 0.717) is 11.6 Å². The van der Waals surface area contributed by atoms with Gasteiger partial charge >= 0.3 is 0 Å². The fourth-order valence-electron chi connectivity index (χ4n) is 3.76. The molecule has 0 radical (unpaired) electrons. The molecule has 0 spiro atoms. The van der Waals surface area contributed by atoms with Gasteiger partial charge in [-0.3, -0.25) is 4.90 Å². The molecule has 0 atom stereocenters. The number of nitriles is 1. The highest BCUT2D eigenvalue weighted by Gasteiger charge is 2.27. The van der Waals surface area contributed by atoms with E-state index in [1.54, 1.807) is 11.3 Å². The van der Waals surface area contributed by atoms with E-state index in [2.05, 4.69) is 45.1 Å². The van der Waals surface area contributed by atoms with Crippen LogP contribution in [0.15, 0.2) is 36.5 Å². The van der Waals surface area contributed by atoms with Crippen molar-refractivity contribution in [2.75, 3.05) is 31.1 Å². The molecule has 1 aliphatic heterocycles. The zero-order valence-corrected chi connectivity index (χ0v) is 16.0. The molecule has 1 aromatic carbocycles. The van der Waals surface area contributed by atoms with Crippen LogP contribution in [0.5, 0.6) is 0 Å². The number of hydrogen-bond acceptors (Lipinski definition) is 6. The highest BCUT2D eigenvalue weighted by molar-refractivity contribution is 7.18. The van der Waals surface area contributed by atoms with Crippen molar-refractivity contribution in [3.8, 4) is 6.07 Å². The molecule has 0 N–H and O–H groups in total. The molecule has 1 saturated heterocycles. The Balaban J connectivity index is 1.27. The van der Waals surface area contributed by atoms with Gasteiger partial charge in [-0.25, -0.2) is 9.97 Å². The van der Waals surface area contributed by atoms with Gasteiger partial charge in [0, 0.05) is 32.4 Å². The van der Waals surface area contributed by atoms with E-state index in [0.717, 1.165) is 43.9 Å². The minimum absolute atomic E-state index is 0.555. The Labute approximate surface area is 162 Å². The van der Waals surface area contributed by atoms with Crippen LogP contribution >= 0.6 is 11.3 Å². The normalized spacial score (nSPS) is 18.0. The lowest BCUT2D eigenvalue weighted by atomic mass is 10.1. The highest BCUT2D eigenvalue weighted by atomic mass is 32.1. The number of anilines is 1. The summed E-state index contributed by atoms with van der Waals surface area (Å²) in [5.74, 6) is 0.657. The number of pyridine rings is 1. The van der Waals surface area contributed by atoms with Crippen LogP contribution in [0.25, 0.3) is 10.2 Å². The van der Waals surface area contributed by atoms with Crippen LogP contribution in [0.4, 0.5) is 5.69 Å². The monoisotopic (exact) mass is 375 g/mol. The van der Waals surface area contributed by atoms with Crippen LogP contribution in [0.2, 0.25) is 0 Å². The Morgan fingerprint density at radius 3 is 2.70 bits per heavy atom. The summed E-state index contributed by atoms with van der Waals surface area (Å²) in [5.41, 5.74) is 3.96. The van der Waals surface area contributed by atoms with Gasteiger partial charge < -0.3 is 4.90 Å². The third-order valence-corrected chi connectivity index (χ3v) is 6.47. The second-order valence-corrected chi connectivity index (χ2v) is 8.48. The largest absolute Gasteiger partial charge is 0.367 e. The summed E-state index contributed by atoms with van der Waals surface area (Å²) in [6.45, 7) is 4.71. The van der Waals surface area contributed by atoms with Crippen molar-refractivity contribution in [2.24, 2.45) is 0 Å². The summed E-state index contributed by atoms with van der Waals surface area (Å²) < 4.78 is 1.26. The lowest BCUT2D eigenvalue weighted by molar-refractivity contribution is 0.249. The van der Waals surface area contributed by atoms with Crippen molar-refractivity contribution < 1.29 is 0 Å². The number of aromatic nitrogens is 2. The summed E-state index contributed by atoms with van der Waals surface area (Å²) in [7, 11) is 0. The van der Waals surface area contributed by atoms with E-state index in [1.165, 1.54) is 28.1 Å². The van der Waals surface area contributed by atoms with Crippen LogP contribution in [0, 0.1) is 11.3 Å². The van der Waals surface area contributed by atoms with E-state index in [1.807, 2.05) is 12.3 Å². The molecular weight excluding hydrogens is 354 g/mol. The number of nitrogens with zero attached hydrogens (tertiary/aromatic N) is 5. The summed E-state index contributed by atoms with van der Waals surface area (Å²) in [4.78, 5) is 14.0. The molecule has 6 heteroatoms. The number of para-hydroxylation sites is 1. The van der Waals surface area contributed by atoms with Crippen LogP contribution < -0.4 is 4.90 Å². The number of hydrogen-bond donors (Lipinski definition) is 0. The molecule has 2 fully saturated rings. The van der Waals surface area contributed by atoms with Gasteiger partial charge in [0.15, 0.2) is 5.69 Å². The van der Waals surface area contributed by atoms with Crippen LogP contribution in [-0.2, 0) is 6.54 Å². The fourth-order valence-corrected chi connectivity index (χ4v) is 4.77. The van der Waals surface area contributed by atoms with Crippen molar-refractivity contribution in [3.05, 3.63) is 52.8 Å². The van der Waals surface area contributed by atoms with Crippen molar-refractivity contribution in [1.82, 2.24) is 14.9 Å². The Hall–Kier alpha value is -2.49. The summed E-state index contributed by atoms with van der Waals surface area (Å²) in [5, 5.41) is 10.6. The minimum atomic E-state index is 0.555. The Kier molecular flexibility index (Phi) is 4.27. The van der Waals surface area contributed by atoms with E-state index in [-0.39, 0.29) is 0 Å². The van der Waals surface area contributed by atoms with E-state index >= 15 is 0 Å². The maximum Gasteiger partial charge on any atom is 0.163 e. The van der Waals surface area contributed by atoms with Gasteiger partial charge in [0.1, 0.15) is 11.1 Å². The molecular formula is C21H21N5S. The third-order valence-electron chi connectivity index (χ3n) is 5.45. The molecule has 1 saturated carbocycles. The predicted octanol–water partition coefficient (Wildman–Crippen LogP) is 3.76. The van der Waals surface area contributed by atoms with E-state index < -0.39 is 0 Å². The molecule has 2 aromatic heterocycles. The second-order valence-electron chi connectivity index (χ2n) is 7.36. The predicted molar refractivity (Wildman–Crippen MR) is 108 cm³/mol. The molecule has 27 heavy (non-hydrogen) atoms. The van der Waals surface area contributed by atoms with Gasteiger partial charge in [0.2, 0.25) is 0 Å². The minimum Gasteiger partial charge on any atom is -0.367 e. The molecule has 0 bridgehead atoms. The summed E-state index contributed by atoms with van der Waals surface area (Å²) in [6.07, 6.45) is 4.40. The average molecular weight is 376 g/mol. The van der Waals surface area contributed by atoms with Gasteiger partial charge in [-0.05, 0) is 42.5 Å². The van der Waals surface area contributed by atoms with Crippen molar-refractivity contribution in [1.29, 1.82) is 5.26 Å². The van der Waals surface area contributed by atoms with Crippen LogP contribution in [-0.4, -0.2) is 41.0 Å². The van der Waals surface area contributed by atoms with E-state index in [4.69, 9.17) is 4.98 Å². The van der Waals surface area contributed by atoms with Crippen molar-refractivity contribution >= 4 is 27.2 Å². The van der Waals surface area contributed by atoms with Crippen molar-refractivity contribution in [3.63, 3.8) is 0 Å². The topological polar surface area (TPSA) is 56.1 Å². The maximum atomic E-state index is 9.45. The first kappa shape index (κ1) is 16.7. The van der Waals surface area contributed by atoms with Gasteiger partial charge in [-0.2, -0.15) is 5.26 Å². The molecule has 0 amide bonds. The molecule has 0 unspecified atom stereocenters. The Morgan fingerprint density at radius 2 is 1.96 bits per heavy atom. The SMILES string of the molecule is N#Cc1ncc(C2CC2)cc1N1CCN(Cc2nc3ccccc3s2)CC1. The number of piperazine rings is 1. The fraction of sp³-hybridized carbons (Fsp3) is 0.381. The zero-order chi connectivity index (χ0) is 18.2. The molecule has 1 aliphatic carbocycles. The molecule has 3 heterocycles. The van der Waals surface area contributed by atoms with Gasteiger partial charge in [0.25, 0.3) is 0 Å². The van der Waals surface area contributed by atoms with Gasteiger partial charge in [-0.15, -0.1) is 11.3 Å². The molecule has 136 valence electrons. The molecule has 5 rings (SSSR count). The summed E-state index contributed by atoms with van der Waals surface area (Å²) in [6, 6.07) is 12.8. The Bertz CT molecular complexity index is 976. The second kappa shape index (κ2) is 6.91. The Morgan fingerprint density at radius 1 is 1.15 bits per heavy atom. The first-order chi connectivity index (χ1) is 13.3. The molecule has 3 aromatic rings. The number of fused-ring (bicyclic) bond motifs is 1. The highest BCUT2D eigenvalue weighted by Crippen LogP contribution is 2.41. The number of rotatable bonds is 4. The van der Waals surface area contributed by atoms with Crippen LogP contribution in [0.3, 0.4) is 0 Å². The quantitative estimate of drug-likeness (QED) is 0.695. The molecule has 5 nitrogen and oxygen atoms in total. The number of thiazole rings is 1. The summed E-state index contributed by atoms with van der Waals surface area (Å²) >= 11 is 1.79. The van der Waals surface area contributed by atoms with Gasteiger partial charge in [0.05, 0.1) is 22.4 Å². The smallest absolute Gasteiger partial charge is 0.163 e. The number of benzene rings is 1. The first-order valence-electron chi connectivity index (χ1n) is 9.52.